The van der Waals surface area contributed by atoms with Crippen molar-refractivity contribution in [1.29, 1.82) is 0 Å². The molecule has 1 amide bonds. The maximum absolute atomic E-state index is 11.8. The number of methoxy groups -OCH3 is 1. The van der Waals surface area contributed by atoms with Crippen LogP contribution < -0.4 is 9.64 Å². The van der Waals surface area contributed by atoms with Crippen LogP contribution in [0.3, 0.4) is 0 Å². The van der Waals surface area contributed by atoms with Gasteiger partial charge in [-0.05, 0) is 25.7 Å². The summed E-state index contributed by atoms with van der Waals surface area (Å²) in [6, 6.07) is 2.37. The third-order valence-corrected chi connectivity index (χ3v) is 4.53. The zero-order chi connectivity index (χ0) is 14.8. The molecule has 1 aromatic heterocycles. The average molecular weight is 290 g/mol. The van der Waals surface area contributed by atoms with E-state index in [-0.39, 0.29) is 5.91 Å². The quantitative estimate of drug-likeness (QED) is 0.843. The van der Waals surface area contributed by atoms with Gasteiger partial charge >= 0.3 is 0 Å². The number of nitrogens with zero attached hydrogens (tertiary/aromatic N) is 4. The number of hydrogen-bond donors (Lipinski definition) is 0. The summed E-state index contributed by atoms with van der Waals surface area (Å²) in [6.45, 7) is 3.49. The van der Waals surface area contributed by atoms with Gasteiger partial charge in [0, 0.05) is 32.3 Å². The van der Waals surface area contributed by atoms with E-state index >= 15 is 0 Å². The second-order valence-electron chi connectivity index (χ2n) is 5.72. The number of aromatic nitrogens is 2. The number of likely N-dealkylation sites (tertiary alicyclic amines) is 1. The van der Waals surface area contributed by atoms with Gasteiger partial charge in [-0.3, -0.25) is 4.79 Å². The van der Waals surface area contributed by atoms with Crippen molar-refractivity contribution in [3.63, 3.8) is 0 Å². The van der Waals surface area contributed by atoms with Crippen molar-refractivity contribution in [2.24, 2.45) is 0 Å². The Kier molecular flexibility index (Phi) is 3.94. The van der Waals surface area contributed by atoms with Crippen LogP contribution in [0.4, 0.5) is 5.95 Å². The van der Waals surface area contributed by atoms with E-state index in [9.17, 15) is 4.79 Å². The molecule has 114 valence electrons. The van der Waals surface area contributed by atoms with Gasteiger partial charge in [0.15, 0.2) is 0 Å². The molecule has 0 unspecified atom stereocenters. The molecule has 3 heterocycles. The largest absolute Gasteiger partial charge is 0.481 e. The van der Waals surface area contributed by atoms with E-state index < -0.39 is 0 Å². The lowest BCUT2D eigenvalue weighted by molar-refractivity contribution is -0.129. The van der Waals surface area contributed by atoms with Crippen LogP contribution in [-0.2, 0) is 4.79 Å². The summed E-state index contributed by atoms with van der Waals surface area (Å²) in [5, 5.41) is 0. The molecule has 2 aliphatic rings. The van der Waals surface area contributed by atoms with Crippen LogP contribution in [0.2, 0.25) is 0 Å². The Labute approximate surface area is 125 Å². The summed E-state index contributed by atoms with van der Waals surface area (Å²) < 4.78 is 5.19. The number of ether oxygens (including phenoxy) is 1. The molecule has 0 aromatic carbocycles. The van der Waals surface area contributed by atoms with E-state index in [0.29, 0.717) is 23.9 Å². The number of carbonyl (C=O) groups is 1. The molecule has 2 fully saturated rings. The van der Waals surface area contributed by atoms with Crippen LogP contribution in [-0.4, -0.2) is 53.1 Å². The lowest BCUT2D eigenvalue weighted by atomic mass is 10.0. The van der Waals surface area contributed by atoms with Crippen LogP contribution in [0, 0.1) is 0 Å². The Balaban J connectivity index is 1.83. The summed E-state index contributed by atoms with van der Waals surface area (Å²) in [4.78, 5) is 24.9. The molecular weight excluding hydrogens is 268 g/mol. The molecule has 21 heavy (non-hydrogen) atoms. The van der Waals surface area contributed by atoms with E-state index in [2.05, 4.69) is 14.9 Å². The molecule has 2 saturated heterocycles. The van der Waals surface area contributed by atoms with Crippen molar-refractivity contribution < 1.29 is 9.53 Å². The lowest BCUT2D eigenvalue weighted by Crippen LogP contribution is -2.48. The summed E-state index contributed by atoms with van der Waals surface area (Å²) in [5.74, 6) is 1.48. The Hall–Kier alpha value is -1.85. The fourth-order valence-electron chi connectivity index (χ4n) is 3.61. The smallest absolute Gasteiger partial charge is 0.228 e. The average Bonchev–Trinajstić information content (AvgIpc) is 3.15. The molecule has 0 radical (unpaired) electrons. The van der Waals surface area contributed by atoms with E-state index in [1.807, 2.05) is 4.90 Å². The normalized spacial score (nSPS) is 25.4. The van der Waals surface area contributed by atoms with Gasteiger partial charge in [-0.25, -0.2) is 4.98 Å². The molecule has 0 spiro atoms. The highest BCUT2D eigenvalue weighted by Gasteiger charge is 2.39. The maximum Gasteiger partial charge on any atom is 0.228 e. The molecule has 0 bridgehead atoms. The monoisotopic (exact) mass is 290 g/mol. The Morgan fingerprint density at radius 1 is 1.29 bits per heavy atom. The Morgan fingerprint density at radius 2 is 2.05 bits per heavy atom. The lowest BCUT2D eigenvalue weighted by Gasteiger charge is -2.34. The molecule has 0 aliphatic carbocycles. The summed E-state index contributed by atoms with van der Waals surface area (Å²) in [5.41, 5.74) is 0. The second kappa shape index (κ2) is 5.87. The highest BCUT2D eigenvalue weighted by Crippen LogP contribution is 2.32. The standard InChI is InChI=1S/C15H22N4O2/c1-11(20)18-9-3-5-12(18)13-6-4-10-19(13)15-16-8-7-14(17-15)21-2/h7-8,12-13H,3-6,9-10H2,1-2H3/t12-,13-/m0/s1. The maximum atomic E-state index is 11.8. The molecule has 6 heteroatoms. The Bertz CT molecular complexity index is 522. The first-order valence-corrected chi connectivity index (χ1v) is 7.61. The van der Waals surface area contributed by atoms with E-state index in [0.717, 1.165) is 38.8 Å². The van der Waals surface area contributed by atoms with Gasteiger partial charge < -0.3 is 14.5 Å². The van der Waals surface area contributed by atoms with Gasteiger partial charge in [0.05, 0.1) is 19.2 Å². The molecule has 2 atom stereocenters. The number of amides is 1. The first-order chi connectivity index (χ1) is 10.2. The van der Waals surface area contributed by atoms with Crippen LogP contribution in [0.1, 0.15) is 32.6 Å². The van der Waals surface area contributed by atoms with Gasteiger partial charge in [0.1, 0.15) is 0 Å². The first-order valence-electron chi connectivity index (χ1n) is 7.61. The zero-order valence-corrected chi connectivity index (χ0v) is 12.7. The third kappa shape index (κ3) is 2.66. The van der Waals surface area contributed by atoms with Gasteiger partial charge in [0.25, 0.3) is 0 Å². The van der Waals surface area contributed by atoms with Crippen LogP contribution >= 0.6 is 0 Å². The van der Waals surface area contributed by atoms with Crippen molar-refractivity contribution in [1.82, 2.24) is 14.9 Å². The van der Waals surface area contributed by atoms with Crippen molar-refractivity contribution in [2.45, 2.75) is 44.7 Å². The predicted octanol–water partition coefficient (Wildman–Crippen LogP) is 1.46. The molecule has 3 rings (SSSR count). The summed E-state index contributed by atoms with van der Waals surface area (Å²) >= 11 is 0. The molecule has 0 N–H and O–H groups in total. The Morgan fingerprint density at radius 3 is 2.81 bits per heavy atom. The first kappa shape index (κ1) is 14.1. The molecule has 0 saturated carbocycles. The predicted molar refractivity (Wildman–Crippen MR) is 79.4 cm³/mol. The fourth-order valence-corrected chi connectivity index (χ4v) is 3.61. The highest BCUT2D eigenvalue weighted by atomic mass is 16.5. The van der Waals surface area contributed by atoms with Gasteiger partial charge in [-0.1, -0.05) is 0 Å². The van der Waals surface area contributed by atoms with E-state index in [1.54, 1.807) is 26.3 Å². The number of hydrogen-bond acceptors (Lipinski definition) is 5. The van der Waals surface area contributed by atoms with Crippen molar-refractivity contribution in [2.75, 3.05) is 25.1 Å². The minimum atomic E-state index is 0.177. The highest BCUT2D eigenvalue weighted by molar-refractivity contribution is 5.74. The van der Waals surface area contributed by atoms with Crippen molar-refractivity contribution in [3.8, 4) is 5.88 Å². The van der Waals surface area contributed by atoms with Gasteiger partial charge in [-0.15, -0.1) is 0 Å². The zero-order valence-electron chi connectivity index (χ0n) is 12.7. The SMILES string of the molecule is COc1ccnc(N2CCC[C@H]2[C@@H]2CCCN2C(C)=O)n1. The van der Waals surface area contributed by atoms with Crippen molar-refractivity contribution >= 4 is 11.9 Å². The van der Waals surface area contributed by atoms with Crippen LogP contribution in [0.25, 0.3) is 0 Å². The summed E-state index contributed by atoms with van der Waals surface area (Å²) in [7, 11) is 1.61. The third-order valence-electron chi connectivity index (χ3n) is 4.53. The van der Waals surface area contributed by atoms with Gasteiger partial charge in [-0.2, -0.15) is 4.98 Å². The number of rotatable bonds is 3. The number of anilines is 1. The molecule has 2 aliphatic heterocycles. The topological polar surface area (TPSA) is 58.6 Å². The molecule has 6 nitrogen and oxygen atoms in total. The number of carbonyl (C=O) groups excluding carboxylic acids is 1. The minimum absolute atomic E-state index is 0.177. The van der Waals surface area contributed by atoms with Crippen molar-refractivity contribution in [3.05, 3.63) is 12.3 Å². The molecular formula is C15H22N4O2. The van der Waals surface area contributed by atoms with Gasteiger partial charge in [0.2, 0.25) is 17.7 Å². The fraction of sp³-hybridized carbons (Fsp3) is 0.667. The second-order valence-corrected chi connectivity index (χ2v) is 5.72. The van der Waals surface area contributed by atoms with Crippen LogP contribution in [0.5, 0.6) is 5.88 Å². The van der Waals surface area contributed by atoms with Crippen LogP contribution in [0.15, 0.2) is 12.3 Å². The molecule has 1 aromatic rings. The minimum Gasteiger partial charge on any atom is -0.481 e. The summed E-state index contributed by atoms with van der Waals surface area (Å²) in [6.07, 6.45) is 6.11. The van der Waals surface area contributed by atoms with E-state index in [4.69, 9.17) is 4.74 Å². The van der Waals surface area contributed by atoms with E-state index in [1.165, 1.54) is 0 Å².